The molecular formula is C15H19N3OS2. The number of nitrogens with one attached hydrogen (secondary N) is 2. The monoisotopic (exact) mass is 321 g/mol. The first-order valence-corrected chi connectivity index (χ1v) is 9.24. The quantitative estimate of drug-likeness (QED) is 0.848. The minimum atomic E-state index is 0.109. The molecule has 1 amide bonds. The van der Waals surface area contributed by atoms with Crippen LogP contribution < -0.4 is 10.6 Å². The van der Waals surface area contributed by atoms with Crippen molar-refractivity contribution in [3.05, 3.63) is 18.2 Å². The van der Waals surface area contributed by atoms with E-state index in [-0.39, 0.29) is 5.91 Å². The van der Waals surface area contributed by atoms with Crippen molar-refractivity contribution >= 4 is 44.9 Å². The summed E-state index contributed by atoms with van der Waals surface area (Å²) in [5, 5.41) is 6.36. The van der Waals surface area contributed by atoms with E-state index in [9.17, 15) is 4.79 Å². The number of carbonyl (C=O) groups excluding carboxylic acids is 1. The highest BCUT2D eigenvalue weighted by Gasteiger charge is 2.17. The standard InChI is InChI=1S/C15H19N3OS2/c1-20-15-18-12-5-4-11(8-13(12)21-15)17-14(19)7-10-3-2-6-16-9-10/h4-5,8,10,16H,2-3,6-7,9H2,1H3,(H,17,19). The van der Waals surface area contributed by atoms with Crippen molar-refractivity contribution in [2.45, 2.75) is 23.6 Å². The van der Waals surface area contributed by atoms with Gasteiger partial charge in [0.25, 0.3) is 0 Å². The van der Waals surface area contributed by atoms with Crippen LogP contribution in [-0.2, 0) is 4.79 Å². The lowest BCUT2D eigenvalue weighted by Crippen LogP contribution is -2.32. The molecule has 3 rings (SSSR count). The average molecular weight is 321 g/mol. The molecule has 1 aliphatic rings. The SMILES string of the molecule is CSc1nc2ccc(NC(=O)CC3CCCNC3)cc2s1. The number of carbonyl (C=O) groups is 1. The Morgan fingerprint density at radius 1 is 1.57 bits per heavy atom. The third kappa shape index (κ3) is 3.75. The smallest absolute Gasteiger partial charge is 0.224 e. The molecule has 1 saturated heterocycles. The highest BCUT2D eigenvalue weighted by atomic mass is 32.2. The summed E-state index contributed by atoms with van der Waals surface area (Å²) in [7, 11) is 0. The van der Waals surface area contributed by atoms with Crippen molar-refractivity contribution in [2.75, 3.05) is 24.7 Å². The summed E-state index contributed by atoms with van der Waals surface area (Å²) in [6, 6.07) is 5.93. The average Bonchev–Trinajstić information content (AvgIpc) is 2.90. The van der Waals surface area contributed by atoms with Gasteiger partial charge >= 0.3 is 0 Å². The summed E-state index contributed by atoms with van der Waals surface area (Å²) in [5.74, 6) is 0.576. The van der Waals surface area contributed by atoms with Gasteiger partial charge in [0.05, 0.1) is 10.2 Å². The molecule has 1 unspecified atom stereocenters. The Hall–Kier alpha value is -1.11. The van der Waals surface area contributed by atoms with Crippen molar-refractivity contribution in [3.8, 4) is 0 Å². The molecule has 6 heteroatoms. The number of thiazole rings is 1. The number of amides is 1. The molecule has 0 radical (unpaired) electrons. The first-order chi connectivity index (χ1) is 10.2. The number of nitrogens with zero attached hydrogens (tertiary/aromatic N) is 1. The largest absolute Gasteiger partial charge is 0.326 e. The van der Waals surface area contributed by atoms with E-state index in [1.807, 2.05) is 24.5 Å². The molecule has 0 bridgehead atoms. The van der Waals surface area contributed by atoms with Crippen molar-refractivity contribution in [1.82, 2.24) is 10.3 Å². The van der Waals surface area contributed by atoms with E-state index in [1.165, 1.54) is 6.42 Å². The summed E-state index contributed by atoms with van der Waals surface area (Å²) in [6.07, 6.45) is 4.94. The molecule has 1 fully saturated rings. The van der Waals surface area contributed by atoms with E-state index in [0.717, 1.165) is 39.8 Å². The summed E-state index contributed by atoms with van der Waals surface area (Å²) < 4.78 is 2.18. The first kappa shape index (κ1) is 14.8. The van der Waals surface area contributed by atoms with Crippen molar-refractivity contribution < 1.29 is 4.79 Å². The summed E-state index contributed by atoms with van der Waals surface area (Å²) in [4.78, 5) is 16.6. The Kier molecular flexibility index (Phi) is 4.77. The summed E-state index contributed by atoms with van der Waals surface area (Å²) in [6.45, 7) is 2.04. The number of rotatable bonds is 4. The molecule has 0 aliphatic carbocycles. The number of aromatic nitrogens is 1. The van der Waals surface area contributed by atoms with Crippen LogP contribution in [-0.4, -0.2) is 30.2 Å². The number of hydrogen-bond donors (Lipinski definition) is 2. The number of thioether (sulfide) groups is 1. The van der Waals surface area contributed by atoms with Gasteiger partial charge in [-0.05, 0) is 56.3 Å². The number of hydrogen-bond acceptors (Lipinski definition) is 5. The van der Waals surface area contributed by atoms with Gasteiger partial charge in [-0.25, -0.2) is 4.98 Å². The second kappa shape index (κ2) is 6.77. The van der Waals surface area contributed by atoms with Crippen LogP contribution in [0.3, 0.4) is 0 Å². The van der Waals surface area contributed by atoms with Crippen LogP contribution in [0.25, 0.3) is 10.2 Å². The van der Waals surface area contributed by atoms with Crippen LogP contribution in [0.2, 0.25) is 0 Å². The Morgan fingerprint density at radius 2 is 2.48 bits per heavy atom. The molecule has 1 atom stereocenters. The topological polar surface area (TPSA) is 54.0 Å². The van der Waals surface area contributed by atoms with Crippen LogP contribution in [0.1, 0.15) is 19.3 Å². The van der Waals surface area contributed by atoms with Crippen LogP contribution in [0, 0.1) is 5.92 Å². The molecular weight excluding hydrogens is 302 g/mol. The number of anilines is 1. The molecule has 0 saturated carbocycles. The normalized spacial score (nSPS) is 18.8. The Bertz CT molecular complexity index is 635. The van der Waals surface area contributed by atoms with Gasteiger partial charge in [-0.1, -0.05) is 11.8 Å². The molecule has 2 N–H and O–H groups in total. The molecule has 21 heavy (non-hydrogen) atoms. The minimum Gasteiger partial charge on any atom is -0.326 e. The molecule has 4 nitrogen and oxygen atoms in total. The van der Waals surface area contributed by atoms with Gasteiger partial charge in [0.15, 0.2) is 4.34 Å². The van der Waals surface area contributed by atoms with Gasteiger partial charge in [-0.3, -0.25) is 4.79 Å². The fourth-order valence-corrected chi connectivity index (χ4v) is 4.17. The molecule has 2 aromatic rings. The molecule has 112 valence electrons. The Labute approximate surface area is 132 Å². The van der Waals surface area contributed by atoms with E-state index < -0.39 is 0 Å². The van der Waals surface area contributed by atoms with Crippen molar-refractivity contribution in [3.63, 3.8) is 0 Å². The molecule has 1 aromatic carbocycles. The van der Waals surface area contributed by atoms with Gasteiger partial charge in [0.2, 0.25) is 5.91 Å². The van der Waals surface area contributed by atoms with Crippen molar-refractivity contribution in [2.24, 2.45) is 5.92 Å². The van der Waals surface area contributed by atoms with E-state index in [4.69, 9.17) is 0 Å². The van der Waals surface area contributed by atoms with Crippen LogP contribution in [0.15, 0.2) is 22.5 Å². The van der Waals surface area contributed by atoms with E-state index in [2.05, 4.69) is 15.6 Å². The lowest BCUT2D eigenvalue weighted by Gasteiger charge is -2.22. The molecule has 0 spiro atoms. The Balaban J connectivity index is 1.64. The number of benzene rings is 1. The van der Waals surface area contributed by atoms with E-state index >= 15 is 0 Å². The highest BCUT2D eigenvalue weighted by Crippen LogP contribution is 2.30. The van der Waals surface area contributed by atoms with Crippen LogP contribution in [0.5, 0.6) is 0 Å². The zero-order valence-corrected chi connectivity index (χ0v) is 13.6. The van der Waals surface area contributed by atoms with E-state index in [1.54, 1.807) is 23.1 Å². The zero-order valence-electron chi connectivity index (χ0n) is 12.0. The number of fused-ring (bicyclic) bond motifs is 1. The summed E-state index contributed by atoms with van der Waals surface area (Å²) in [5.41, 5.74) is 1.87. The predicted octanol–water partition coefficient (Wildman–Crippen LogP) is 3.35. The second-order valence-corrected chi connectivity index (χ2v) is 7.42. The third-order valence-corrected chi connectivity index (χ3v) is 5.70. The van der Waals surface area contributed by atoms with E-state index in [0.29, 0.717) is 12.3 Å². The molecule has 1 aromatic heterocycles. The Morgan fingerprint density at radius 3 is 3.24 bits per heavy atom. The minimum absolute atomic E-state index is 0.109. The van der Waals surface area contributed by atoms with Crippen LogP contribution >= 0.6 is 23.1 Å². The van der Waals surface area contributed by atoms with Crippen LogP contribution in [0.4, 0.5) is 5.69 Å². The van der Waals surface area contributed by atoms with Gasteiger partial charge in [-0.2, -0.15) is 0 Å². The highest BCUT2D eigenvalue weighted by molar-refractivity contribution is 8.00. The molecule has 2 heterocycles. The van der Waals surface area contributed by atoms with Gasteiger partial charge < -0.3 is 10.6 Å². The maximum Gasteiger partial charge on any atom is 0.224 e. The zero-order chi connectivity index (χ0) is 14.7. The second-order valence-electron chi connectivity index (χ2n) is 5.33. The fraction of sp³-hybridized carbons (Fsp3) is 0.467. The van der Waals surface area contributed by atoms with Gasteiger partial charge in [0.1, 0.15) is 0 Å². The van der Waals surface area contributed by atoms with Gasteiger partial charge in [0, 0.05) is 12.1 Å². The lowest BCUT2D eigenvalue weighted by molar-refractivity contribution is -0.117. The first-order valence-electron chi connectivity index (χ1n) is 7.20. The maximum absolute atomic E-state index is 12.1. The lowest BCUT2D eigenvalue weighted by atomic mass is 9.96. The fourth-order valence-electron chi connectivity index (χ4n) is 2.64. The number of piperidine rings is 1. The van der Waals surface area contributed by atoms with Gasteiger partial charge in [-0.15, -0.1) is 11.3 Å². The predicted molar refractivity (Wildman–Crippen MR) is 90.2 cm³/mol. The maximum atomic E-state index is 12.1. The molecule has 1 aliphatic heterocycles. The van der Waals surface area contributed by atoms with Crippen molar-refractivity contribution in [1.29, 1.82) is 0 Å². The third-order valence-electron chi connectivity index (χ3n) is 3.70. The summed E-state index contributed by atoms with van der Waals surface area (Å²) >= 11 is 3.32.